The van der Waals surface area contributed by atoms with Gasteiger partial charge in [-0.3, -0.25) is 4.90 Å². The number of hydrogen-bond acceptors (Lipinski definition) is 5. The molecule has 1 heterocycles. The Kier molecular flexibility index (Phi) is 7.75. The van der Waals surface area contributed by atoms with Gasteiger partial charge in [0, 0.05) is 42.9 Å². The number of aliphatic hydroxyl groups is 1. The molecule has 1 aliphatic heterocycles. The van der Waals surface area contributed by atoms with Crippen molar-refractivity contribution < 1.29 is 19.4 Å². The van der Waals surface area contributed by atoms with Gasteiger partial charge in [0.25, 0.3) is 0 Å². The third-order valence-corrected chi connectivity index (χ3v) is 6.72. The molecule has 2 fully saturated rings. The molecule has 0 unspecified atom stereocenters. The van der Waals surface area contributed by atoms with Crippen LogP contribution in [0.1, 0.15) is 24.8 Å². The van der Waals surface area contributed by atoms with Crippen molar-refractivity contribution in [2.75, 3.05) is 26.3 Å². The number of hydrogen-bond donors (Lipinski definition) is 1. The van der Waals surface area contributed by atoms with E-state index in [4.69, 9.17) is 21.1 Å². The van der Waals surface area contributed by atoms with Gasteiger partial charge >= 0.3 is 0 Å². The zero-order valence-electron chi connectivity index (χ0n) is 17.7. The molecule has 6 heteroatoms. The summed E-state index contributed by atoms with van der Waals surface area (Å²) in [6.45, 7) is 3.51. The maximum absolute atomic E-state index is 11.0. The number of halogens is 1. The molecule has 0 spiro atoms. The van der Waals surface area contributed by atoms with Crippen LogP contribution in [0, 0.1) is 5.92 Å². The van der Waals surface area contributed by atoms with E-state index in [1.54, 1.807) is 0 Å². The van der Waals surface area contributed by atoms with Crippen molar-refractivity contribution in [1.29, 1.82) is 0 Å². The fourth-order valence-electron chi connectivity index (χ4n) is 4.90. The number of aldehydes is 1. The van der Waals surface area contributed by atoms with Gasteiger partial charge in [0.15, 0.2) is 0 Å². The maximum Gasteiger partial charge on any atom is 0.120 e. The lowest BCUT2D eigenvalue weighted by Gasteiger charge is -2.37. The minimum atomic E-state index is -0.438. The van der Waals surface area contributed by atoms with E-state index in [2.05, 4.69) is 29.2 Å². The van der Waals surface area contributed by atoms with Crippen LogP contribution in [-0.4, -0.2) is 60.8 Å². The number of aliphatic hydroxyl groups excluding tert-OH is 1. The number of ether oxygens (including phenoxy) is 2. The smallest absolute Gasteiger partial charge is 0.120 e. The largest absolute Gasteiger partial charge is 0.391 e. The van der Waals surface area contributed by atoms with Gasteiger partial charge in [-0.1, -0.05) is 48.0 Å². The minimum absolute atomic E-state index is 0.0288. The Morgan fingerprint density at radius 3 is 2.35 bits per heavy atom. The van der Waals surface area contributed by atoms with Crippen molar-refractivity contribution in [2.24, 2.45) is 5.92 Å². The summed E-state index contributed by atoms with van der Waals surface area (Å²) >= 11 is 5.98. The number of nitrogens with zero attached hydrogens (tertiary/aromatic N) is 1. The quantitative estimate of drug-likeness (QED) is 0.626. The number of benzene rings is 2. The highest BCUT2D eigenvalue weighted by Gasteiger charge is 2.45. The highest BCUT2D eigenvalue weighted by atomic mass is 35.5. The van der Waals surface area contributed by atoms with Gasteiger partial charge in [0.05, 0.1) is 32.0 Å². The average Bonchev–Trinajstić information content (AvgIpc) is 3.12. The lowest BCUT2D eigenvalue weighted by molar-refractivity contribution is -0.108. The van der Waals surface area contributed by atoms with Crippen LogP contribution in [0.2, 0.25) is 5.02 Å². The van der Waals surface area contributed by atoms with Crippen LogP contribution in [0.4, 0.5) is 0 Å². The van der Waals surface area contributed by atoms with Gasteiger partial charge in [-0.15, -0.1) is 0 Å². The Hall–Kier alpha value is -1.76. The van der Waals surface area contributed by atoms with E-state index in [0.717, 1.165) is 47.5 Å². The lowest BCUT2D eigenvalue weighted by atomic mass is 9.94. The molecule has 166 valence electrons. The molecule has 2 aromatic carbocycles. The highest BCUT2D eigenvalue weighted by Crippen LogP contribution is 2.37. The van der Waals surface area contributed by atoms with Gasteiger partial charge in [-0.2, -0.15) is 0 Å². The number of rotatable bonds is 8. The Bertz CT molecular complexity index is 836. The molecule has 4 rings (SSSR count). The van der Waals surface area contributed by atoms with Crippen LogP contribution < -0.4 is 0 Å². The number of carbonyl (C=O) groups excluding carboxylic acids is 1. The molecule has 0 bridgehead atoms. The fourth-order valence-corrected chi connectivity index (χ4v) is 5.02. The van der Waals surface area contributed by atoms with Crippen LogP contribution in [0.15, 0.2) is 48.5 Å². The molecule has 1 saturated carbocycles. The summed E-state index contributed by atoms with van der Waals surface area (Å²) in [6.07, 6.45) is 2.31. The predicted octanol–water partition coefficient (Wildman–Crippen LogP) is 3.95. The first-order chi connectivity index (χ1) is 15.2. The van der Waals surface area contributed by atoms with Crippen LogP contribution in [0.25, 0.3) is 11.1 Å². The van der Waals surface area contributed by atoms with Gasteiger partial charge in [-0.05, 0) is 35.2 Å². The van der Waals surface area contributed by atoms with E-state index in [9.17, 15) is 9.90 Å². The Morgan fingerprint density at radius 2 is 1.71 bits per heavy atom. The summed E-state index contributed by atoms with van der Waals surface area (Å²) < 4.78 is 11.8. The molecule has 31 heavy (non-hydrogen) atoms. The van der Waals surface area contributed by atoms with Crippen LogP contribution >= 0.6 is 11.6 Å². The molecule has 1 saturated heterocycles. The lowest BCUT2D eigenvalue weighted by Crippen LogP contribution is -2.50. The number of morpholine rings is 1. The van der Waals surface area contributed by atoms with Crippen molar-refractivity contribution in [2.45, 2.75) is 44.1 Å². The fraction of sp³-hybridized carbons (Fsp3) is 0.480. The highest BCUT2D eigenvalue weighted by molar-refractivity contribution is 6.30. The molecule has 1 aliphatic carbocycles. The first kappa shape index (κ1) is 22.4. The first-order valence-electron chi connectivity index (χ1n) is 11.1. The normalized spacial score (nSPS) is 26.8. The predicted molar refractivity (Wildman–Crippen MR) is 121 cm³/mol. The zero-order chi connectivity index (χ0) is 21.6. The Balaban J connectivity index is 1.40. The second-order valence-corrected chi connectivity index (χ2v) is 8.84. The summed E-state index contributed by atoms with van der Waals surface area (Å²) in [5, 5.41) is 11.5. The summed E-state index contributed by atoms with van der Waals surface area (Å²) in [5.74, 6) is 0.145. The van der Waals surface area contributed by atoms with Crippen molar-refractivity contribution in [3.63, 3.8) is 0 Å². The molecule has 0 aromatic heterocycles. The monoisotopic (exact) mass is 443 g/mol. The van der Waals surface area contributed by atoms with Gasteiger partial charge < -0.3 is 19.4 Å². The SMILES string of the molecule is O=CCC[C@H]1[C@H](N2CCOCC2)[C@@H](O)C[C@H]1OCc1ccc(-c2ccc(Cl)cc2)cc1. The third-order valence-electron chi connectivity index (χ3n) is 6.46. The third kappa shape index (κ3) is 5.54. The van der Waals surface area contributed by atoms with Crippen molar-refractivity contribution >= 4 is 17.9 Å². The van der Waals surface area contributed by atoms with Crippen molar-refractivity contribution in [3.05, 3.63) is 59.1 Å². The average molecular weight is 444 g/mol. The van der Waals surface area contributed by atoms with E-state index in [0.29, 0.717) is 32.7 Å². The molecule has 2 aliphatic rings. The van der Waals surface area contributed by atoms with Gasteiger partial charge in [-0.25, -0.2) is 0 Å². The van der Waals surface area contributed by atoms with Gasteiger partial charge in [0.2, 0.25) is 0 Å². The summed E-state index contributed by atoms with van der Waals surface area (Å²) in [4.78, 5) is 13.3. The molecule has 5 nitrogen and oxygen atoms in total. The summed E-state index contributed by atoms with van der Waals surface area (Å²) in [6, 6.07) is 16.2. The Morgan fingerprint density at radius 1 is 1.06 bits per heavy atom. The second-order valence-electron chi connectivity index (χ2n) is 8.40. The van der Waals surface area contributed by atoms with Crippen LogP contribution in [0.5, 0.6) is 0 Å². The van der Waals surface area contributed by atoms with E-state index < -0.39 is 6.10 Å². The van der Waals surface area contributed by atoms with Crippen molar-refractivity contribution in [3.8, 4) is 11.1 Å². The summed E-state index contributed by atoms with van der Waals surface area (Å²) in [5.41, 5.74) is 3.35. The number of carbonyl (C=O) groups is 1. The molecular formula is C25H30ClNO4. The van der Waals surface area contributed by atoms with Gasteiger partial charge in [0.1, 0.15) is 6.29 Å². The van der Waals surface area contributed by atoms with Crippen molar-refractivity contribution in [1.82, 2.24) is 4.90 Å². The zero-order valence-corrected chi connectivity index (χ0v) is 18.4. The molecule has 0 radical (unpaired) electrons. The molecule has 1 N–H and O–H groups in total. The van der Waals surface area contributed by atoms with E-state index in [-0.39, 0.29) is 18.1 Å². The minimum Gasteiger partial charge on any atom is -0.391 e. The van der Waals surface area contributed by atoms with Crippen LogP contribution in [-0.2, 0) is 20.9 Å². The van der Waals surface area contributed by atoms with E-state index >= 15 is 0 Å². The summed E-state index contributed by atoms with van der Waals surface area (Å²) in [7, 11) is 0. The molecule has 0 amide bonds. The first-order valence-corrected chi connectivity index (χ1v) is 11.4. The van der Waals surface area contributed by atoms with E-state index in [1.165, 1.54) is 0 Å². The topological polar surface area (TPSA) is 59.0 Å². The molecule has 2 aromatic rings. The molecular weight excluding hydrogens is 414 g/mol. The maximum atomic E-state index is 11.0. The van der Waals surface area contributed by atoms with Crippen LogP contribution in [0.3, 0.4) is 0 Å². The Labute approximate surface area is 188 Å². The second kappa shape index (κ2) is 10.7. The van der Waals surface area contributed by atoms with E-state index in [1.807, 2.05) is 24.3 Å². The molecule has 4 atom stereocenters. The standard InChI is InChI=1S/C25H30ClNO4/c26-21-9-7-20(8-10-21)19-5-3-18(4-6-19)17-31-24-16-23(29)25(22(24)2-1-13-28)27-11-14-30-15-12-27/h3-10,13,22-25,29H,1-2,11-12,14-17H2/t22-,23+,24-,25+/m1/s1.